The highest BCUT2D eigenvalue weighted by Gasteiger charge is 2.14. The van der Waals surface area contributed by atoms with Gasteiger partial charge in [0, 0.05) is 29.2 Å². The van der Waals surface area contributed by atoms with E-state index in [0.29, 0.717) is 0 Å². The standard InChI is InChI=1S/C30H25NO4/c1-3-29(32)34-20-22-9-14-26(15-10-22)31(28-18-13-24-7-5-6-8-25(24)19-28)27-16-11-23(12-17-27)21-35-30(33)4-2/h3-19H,1-2,20-21H2. The van der Waals surface area contributed by atoms with Crippen molar-refractivity contribution in [1.29, 1.82) is 0 Å². The molecule has 0 amide bonds. The zero-order valence-electron chi connectivity index (χ0n) is 19.2. The molecule has 4 aromatic carbocycles. The van der Waals surface area contributed by atoms with Gasteiger partial charge < -0.3 is 14.4 Å². The molecule has 0 N–H and O–H groups in total. The van der Waals surface area contributed by atoms with Crippen LogP contribution in [0.1, 0.15) is 11.1 Å². The number of fused-ring (bicyclic) bond motifs is 1. The number of ether oxygens (including phenoxy) is 2. The van der Waals surface area contributed by atoms with E-state index >= 15 is 0 Å². The summed E-state index contributed by atoms with van der Waals surface area (Å²) in [5.74, 6) is -0.906. The van der Waals surface area contributed by atoms with Crippen molar-refractivity contribution in [1.82, 2.24) is 0 Å². The predicted molar refractivity (Wildman–Crippen MR) is 139 cm³/mol. The molecule has 0 fully saturated rings. The van der Waals surface area contributed by atoms with Gasteiger partial charge in [-0.2, -0.15) is 0 Å². The third kappa shape index (κ3) is 5.84. The fourth-order valence-corrected chi connectivity index (χ4v) is 3.67. The van der Waals surface area contributed by atoms with E-state index in [4.69, 9.17) is 9.47 Å². The highest BCUT2D eigenvalue weighted by Crippen LogP contribution is 2.36. The molecule has 0 saturated heterocycles. The molecule has 0 aromatic heterocycles. The van der Waals surface area contributed by atoms with E-state index in [1.165, 1.54) is 0 Å². The predicted octanol–water partition coefficient (Wildman–Crippen LogP) is 6.77. The van der Waals surface area contributed by atoms with Gasteiger partial charge in [0.2, 0.25) is 0 Å². The number of nitrogens with zero attached hydrogens (tertiary/aromatic N) is 1. The number of esters is 2. The molecule has 0 bridgehead atoms. The first-order chi connectivity index (χ1) is 17.1. The van der Waals surface area contributed by atoms with Crippen molar-refractivity contribution in [2.75, 3.05) is 4.90 Å². The van der Waals surface area contributed by atoms with Gasteiger partial charge in [0.05, 0.1) is 0 Å². The maximum atomic E-state index is 11.4. The van der Waals surface area contributed by atoms with Gasteiger partial charge in [0.1, 0.15) is 13.2 Å². The Kier molecular flexibility index (Phi) is 7.38. The molecule has 5 nitrogen and oxygen atoms in total. The minimum atomic E-state index is -0.453. The van der Waals surface area contributed by atoms with Crippen LogP contribution in [-0.2, 0) is 32.3 Å². The zero-order chi connectivity index (χ0) is 24.6. The summed E-state index contributed by atoms with van der Waals surface area (Å²) in [7, 11) is 0. The Bertz CT molecular complexity index is 1290. The zero-order valence-corrected chi connectivity index (χ0v) is 19.2. The summed E-state index contributed by atoms with van der Waals surface area (Å²) < 4.78 is 10.3. The molecule has 0 spiro atoms. The van der Waals surface area contributed by atoms with Crippen LogP contribution in [0, 0.1) is 0 Å². The van der Waals surface area contributed by atoms with Crippen LogP contribution >= 0.6 is 0 Å². The van der Waals surface area contributed by atoms with Crippen LogP contribution in [0.15, 0.2) is 116 Å². The van der Waals surface area contributed by atoms with Crippen molar-refractivity contribution < 1.29 is 19.1 Å². The lowest BCUT2D eigenvalue weighted by Gasteiger charge is -2.26. The molecule has 4 aromatic rings. The quantitative estimate of drug-likeness (QED) is 0.203. The van der Waals surface area contributed by atoms with Crippen molar-refractivity contribution in [2.24, 2.45) is 0 Å². The SMILES string of the molecule is C=CC(=O)OCc1ccc(N(c2ccc(COC(=O)C=C)cc2)c2ccc3ccccc3c2)cc1. The maximum absolute atomic E-state index is 11.4. The van der Waals surface area contributed by atoms with E-state index in [1.54, 1.807) is 0 Å². The highest BCUT2D eigenvalue weighted by molar-refractivity contribution is 5.89. The third-order valence-corrected chi connectivity index (χ3v) is 5.48. The third-order valence-electron chi connectivity index (χ3n) is 5.48. The molecule has 0 unspecified atom stereocenters. The highest BCUT2D eigenvalue weighted by atomic mass is 16.5. The molecular weight excluding hydrogens is 438 g/mol. The molecule has 0 radical (unpaired) electrons. The lowest BCUT2D eigenvalue weighted by molar-refractivity contribution is -0.139. The van der Waals surface area contributed by atoms with Gasteiger partial charge in [-0.1, -0.05) is 67.8 Å². The van der Waals surface area contributed by atoms with Crippen LogP contribution < -0.4 is 4.90 Å². The second-order valence-corrected chi connectivity index (χ2v) is 7.82. The Hall–Kier alpha value is -4.64. The van der Waals surface area contributed by atoms with Crippen LogP contribution in [0.25, 0.3) is 10.8 Å². The van der Waals surface area contributed by atoms with E-state index < -0.39 is 11.9 Å². The van der Waals surface area contributed by atoms with Crippen molar-refractivity contribution in [3.05, 3.63) is 127 Å². The first-order valence-corrected chi connectivity index (χ1v) is 11.1. The van der Waals surface area contributed by atoms with Crippen LogP contribution in [0.2, 0.25) is 0 Å². The summed E-state index contributed by atoms with van der Waals surface area (Å²) in [5.41, 5.74) is 4.65. The first-order valence-electron chi connectivity index (χ1n) is 11.1. The minimum Gasteiger partial charge on any atom is -0.458 e. The maximum Gasteiger partial charge on any atom is 0.330 e. The Morgan fingerprint density at radius 2 is 1.09 bits per heavy atom. The monoisotopic (exact) mass is 463 g/mol. The number of carbonyl (C=O) groups excluding carboxylic acids is 2. The Morgan fingerprint density at radius 1 is 0.629 bits per heavy atom. The summed E-state index contributed by atoms with van der Waals surface area (Å²) >= 11 is 0. The van der Waals surface area contributed by atoms with Gasteiger partial charge >= 0.3 is 11.9 Å². The van der Waals surface area contributed by atoms with E-state index in [1.807, 2.05) is 60.7 Å². The van der Waals surface area contributed by atoms with Crippen molar-refractivity contribution in [2.45, 2.75) is 13.2 Å². The van der Waals surface area contributed by atoms with Crippen molar-refractivity contribution in [3.63, 3.8) is 0 Å². The Labute approximate surface area is 204 Å². The molecule has 4 rings (SSSR count). The van der Waals surface area contributed by atoms with Gasteiger partial charge in [0.15, 0.2) is 0 Å². The fourth-order valence-electron chi connectivity index (χ4n) is 3.67. The smallest absolute Gasteiger partial charge is 0.330 e. The average molecular weight is 464 g/mol. The summed E-state index contributed by atoms with van der Waals surface area (Å²) in [5, 5.41) is 2.30. The summed E-state index contributed by atoms with van der Waals surface area (Å²) in [6.07, 6.45) is 2.30. The topological polar surface area (TPSA) is 55.8 Å². The molecular formula is C30H25NO4. The molecule has 0 aliphatic carbocycles. The minimum absolute atomic E-state index is 0.180. The van der Waals surface area contributed by atoms with Gasteiger partial charge in [0.25, 0.3) is 0 Å². The van der Waals surface area contributed by atoms with Gasteiger partial charge in [-0.05, 0) is 58.3 Å². The normalized spacial score (nSPS) is 10.4. The number of anilines is 3. The number of rotatable bonds is 9. The van der Waals surface area contributed by atoms with E-state index in [2.05, 4.69) is 48.4 Å². The largest absolute Gasteiger partial charge is 0.458 e. The summed E-state index contributed by atoms with van der Waals surface area (Å²) in [6, 6.07) is 30.3. The molecule has 0 heterocycles. The Morgan fingerprint density at radius 3 is 1.57 bits per heavy atom. The first kappa shape index (κ1) is 23.5. The van der Waals surface area contributed by atoms with E-state index in [-0.39, 0.29) is 13.2 Å². The fraction of sp³-hybridized carbons (Fsp3) is 0.0667. The second kappa shape index (κ2) is 11.0. The van der Waals surface area contributed by atoms with Crippen molar-refractivity contribution in [3.8, 4) is 0 Å². The molecule has 0 atom stereocenters. The molecule has 174 valence electrons. The van der Waals surface area contributed by atoms with Crippen LogP contribution in [0.4, 0.5) is 17.1 Å². The number of benzene rings is 4. The van der Waals surface area contributed by atoms with Crippen LogP contribution in [0.5, 0.6) is 0 Å². The summed E-state index contributed by atoms with van der Waals surface area (Å²) in [4.78, 5) is 24.9. The van der Waals surface area contributed by atoms with Gasteiger partial charge in [-0.15, -0.1) is 0 Å². The molecule has 0 aliphatic rings. The number of hydrogen-bond acceptors (Lipinski definition) is 5. The lowest BCUT2D eigenvalue weighted by atomic mass is 10.1. The van der Waals surface area contributed by atoms with E-state index in [9.17, 15) is 9.59 Å². The number of hydrogen-bond donors (Lipinski definition) is 0. The molecule has 35 heavy (non-hydrogen) atoms. The molecule has 5 heteroatoms. The van der Waals surface area contributed by atoms with E-state index in [0.717, 1.165) is 51.1 Å². The second-order valence-electron chi connectivity index (χ2n) is 7.82. The van der Waals surface area contributed by atoms with Gasteiger partial charge in [-0.3, -0.25) is 0 Å². The number of carbonyl (C=O) groups is 2. The molecule has 0 saturated carbocycles. The van der Waals surface area contributed by atoms with Crippen LogP contribution in [0.3, 0.4) is 0 Å². The van der Waals surface area contributed by atoms with Gasteiger partial charge in [-0.25, -0.2) is 9.59 Å². The van der Waals surface area contributed by atoms with Crippen molar-refractivity contribution >= 4 is 39.8 Å². The molecule has 0 aliphatic heterocycles. The summed E-state index contributed by atoms with van der Waals surface area (Å²) in [6.45, 7) is 7.20. The average Bonchev–Trinajstić information content (AvgIpc) is 2.91. The lowest BCUT2D eigenvalue weighted by Crippen LogP contribution is -2.10. The van der Waals surface area contributed by atoms with Crippen LogP contribution in [-0.4, -0.2) is 11.9 Å². The Balaban J connectivity index is 1.67.